The van der Waals surface area contributed by atoms with Gasteiger partial charge in [0.25, 0.3) is 0 Å². The minimum Gasteiger partial charge on any atom is -0.335 e. The Labute approximate surface area is 79.3 Å². The third-order valence-electron chi connectivity index (χ3n) is 3.13. The molecule has 2 rings (SSSR count). The van der Waals surface area contributed by atoms with Gasteiger partial charge in [0, 0.05) is 12.1 Å². The van der Waals surface area contributed by atoms with Gasteiger partial charge < -0.3 is 10.6 Å². The molecular formula is C10H18N2O. The Morgan fingerprint density at radius 2 is 2.00 bits per heavy atom. The normalized spacial score (nSPS) is 24.7. The van der Waals surface area contributed by atoms with Crippen LogP contribution in [-0.4, -0.2) is 18.1 Å². The van der Waals surface area contributed by atoms with Gasteiger partial charge >= 0.3 is 6.03 Å². The van der Waals surface area contributed by atoms with Crippen LogP contribution in [0.2, 0.25) is 0 Å². The lowest BCUT2D eigenvalue weighted by molar-refractivity contribution is 0.213. The number of amides is 2. The molecule has 3 heteroatoms. The predicted octanol–water partition coefficient (Wildman–Crippen LogP) is 1.64. The molecule has 2 amide bonds. The van der Waals surface area contributed by atoms with Gasteiger partial charge in [-0.3, -0.25) is 0 Å². The zero-order chi connectivity index (χ0) is 9.26. The number of urea groups is 1. The van der Waals surface area contributed by atoms with Crippen LogP contribution in [0, 0.1) is 5.92 Å². The Morgan fingerprint density at radius 1 is 1.31 bits per heavy atom. The van der Waals surface area contributed by atoms with Crippen LogP contribution < -0.4 is 10.6 Å². The predicted molar refractivity (Wildman–Crippen MR) is 51.5 cm³/mol. The van der Waals surface area contributed by atoms with E-state index in [0.29, 0.717) is 12.1 Å². The Balaban J connectivity index is 1.65. The standard InChI is InChI=1S/C10H18N2O/c1-7(8-3-2-4-8)11-10(13)12-9-5-6-9/h7-9H,2-6H2,1H3,(H2,11,12,13)/t7-/m1/s1. The summed E-state index contributed by atoms with van der Waals surface area (Å²) in [7, 11) is 0. The number of nitrogens with one attached hydrogen (secondary N) is 2. The highest BCUT2D eigenvalue weighted by Crippen LogP contribution is 2.29. The maximum absolute atomic E-state index is 11.3. The van der Waals surface area contributed by atoms with Crippen molar-refractivity contribution in [1.82, 2.24) is 10.6 Å². The van der Waals surface area contributed by atoms with Crippen molar-refractivity contribution in [3.63, 3.8) is 0 Å². The van der Waals surface area contributed by atoms with Gasteiger partial charge in [0.05, 0.1) is 0 Å². The molecule has 1 atom stereocenters. The molecule has 0 saturated heterocycles. The summed E-state index contributed by atoms with van der Waals surface area (Å²) in [5, 5.41) is 5.94. The lowest BCUT2D eigenvalue weighted by Gasteiger charge is -2.31. The van der Waals surface area contributed by atoms with E-state index in [0.717, 1.165) is 18.8 Å². The zero-order valence-electron chi connectivity index (χ0n) is 8.18. The van der Waals surface area contributed by atoms with Crippen molar-refractivity contribution in [2.45, 2.75) is 51.1 Å². The molecule has 2 saturated carbocycles. The van der Waals surface area contributed by atoms with Gasteiger partial charge in [0.1, 0.15) is 0 Å². The summed E-state index contributed by atoms with van der Waals surface area (Å²) in [6.07, 6.45) is 6.22. The molecule has 2 aliphatic rings. The topological polar surface area (TPSA) is 41.1 Å². The molecule has 0 heterocycles. The average molecular weight is 182 g/mol. The van der Waals surface area contributed by atoms with E-state index < -0.39 is 0 Å². The van der Waals surface area contributed by atoms with Crippen molar-refractivity contribution in [1.29, 1.82) is 0 Å². The fraction of sp³-hybridized carbons (Fsp3) is 0.900. The second-order valence-electron chi connectivity index (χ2n) is 4.37. The monoisotopic (exact) mass is 182 g/mol. The largest absolute Gasteiger partial charge is 0.335 e. The fourth-order valence-electron chi connectivity index (χ4n) is 1.72. The molecule has 0 spiro atoms. The van der Waals surface area contributed by atoms with Gasteiger partial charge in [-0.25, -0.2) is 4.79 Å². The van der Waals surface area contributed by atoms with Crippen LogP contribution in [0.15, 0.2) is 0 Å². The summed E-state index contributed by atoms with van der Waals surface area (Å²) in [4.78, 5) is 11.3. The van der Waals surface area contributed by atoms with Crippen LogP contribution in [-0.2, 0) is 0 Å². The molecule has 2 N–H and O–H groups in total. The second kappa shape index (κ2) is 3.56. The third-order valence-corrected chi connectivity index (χ3v) is 3.13. The highest BCUT2D eigenvalue weighted by molar-refractivity contribution is 5.74. The lowest BCUT2D eigenvalue weighted by atomic mass is 9.80. The Hall–Kier alpha value is -0.730. The van der Waals surface area contributed by atoms with E-state index in [4.69, 9.17) is 0 Å². The highest BCUT2D eigenvalue weighted by atomic mass is 16.2. The van der Waals surface area contributed by atoms with E-state index in [9.17, 15) is 4.79 Å². The lowest BCUT2D eigenvalue weighted by Crippen LogP contribution is -2.46. The van der Waals surface area contributed by atoms with Crippen LogP contribution in [0.4, 0.5) is 4.79 Å². The number of carbonyl (C=O) groups excluding carboxylic acids is 1. The van der Waals surface area contributed by atoms with Crippen molar-refractivity contribution in [2.75, 3.05) is 0 Å². The first kappa shape index (κ1) is 8.85. The Bertz CT molecular complexity index is 197. The summed E-state index contributed by atoms with van der Waals surface area (Å²) in [6, 6.07) is 0.850. The van der Waals surface area contributed by atoms with Gasteiger partial charge in [-0.1, -0.05) is 6.42 Å². The Kier molecular flexibility index (Phi) is 2.42. The minimum atomic E-state index is 0.0295. The van der Waals surface area contributed by atoms with E-state index in [1.54, 1.807) is 0 Å². The molecule has 0 unspecified atom stereocenters. The van der Waals surface area contributed by atoms with E-state index in [1.807, 2.05) is 0 Å². The van der Waals surface area contributed by atoms with E-state index in [2.05, 4.69) is 17.6 Å². The second-order valence-corrected chi connectivity index (χ2v) is 4.37. The number of hydrogen-bond acceptors (Lipinski definition) is 1. The first-order chi connectivity index (χ1) is 6.25. The molecule has 13 heavy (non-hydrogen) atoms. The maximum atomic E-state index is 11.3. The zero-order valence-corrected chi connectivity index (χ0v) is 8.18. The van der Waals surface area contributed by atoms with Crippen LogP contribution in [0.1, 0.15) is 39.0 Å². The summed E-state index contributed by atoms with van der Waals surface area (Å²) in [5.74, 6) is 0.727. The first-order valence-electron chi connectivity index (χ1n) is 5.33. The van der Waals surface area contributed by atoms with E-state index >= 15 is 0 Å². The Morgan fingerprint density at radius 3 is 2.46 bits per heavy atom. The quantitative estimate of drug-likeness (QED) is 0.684. The molecule has 74 valence electrons. The molecule has 0 aliphatic heterocycles. The summed E-state index contributed by atoms with van der Waals surface area (Å²) in [6.45, 7) is 2.11. The molecule has 2 aliphatic carbocycles. The molecule has 0 aromatic heterocycles. The van der Waals surface area contributed by atoms with Crippen molar-refractivity contribution in [3.05, 3.63) is 0 Å². The fourth-order valence-corrected chi connectivity index (χ4v) is 1.72. The maximum Gasteiger partial charge on any atom is 0.315 e. The summed E-state index contributed by atoms with van der Waals surface area (Å²) in [5.41, 5.74) is 0. The summed E-state index contributed by atoms with van der Waals surface area (Å²) < 4.78 is 0. The van der Waals surface area contributed by atoms with Gasteiger partial charge in [0.2, 0.25) is 0 Å². The van der Waals surface area contributed by atoms with Gasteiger partial charge in [-0.2, -0.15) is 0 Å². The number of carbonyl (C=O) groups is 1. The third kappa shape index (κ3) is 2.36. The minimum absolute atomic E-state index is 0.0295. The molecule has 0 radical (unpaired) electrons. The molecule has 0 bridgehead atoms. The molecule has 2 fully saturated rings. The van der Waals surface area contributed by atoms with Crippen LogP contribution >= 0.6 is 0 Å². The van der Waals surface area contributed by atoms with Crippen molar-refractivity contribution < 1.29 is 4.79 Å². The number of hydrogen-bond donors (Lipinski definition) is 2. The van der Waals surface area contributed by atoms with Gasteiger partial charge in [-0.05, 0) is 38.5 Å². The van der Waals surface area contributed by atoms with E-state index in [-0.39, 0.29) is 6.03 Å². The molecular weight excluding hydrogens is 164 g/mol. The van der Waals surface area contributed by atoms with Crippen molar-refractivity contribution >= 4 is 6.03 Å². The molecule has 0 aromatic carbocycles. The first-order valence-corrected chi connectivity index (χ1v) is 5.33. The van der Waals surface area contributed by atoms with Gasteiger partial charge in [-0.15, -0.1) is 0 Å². The van der Waals surface area contributed by atoms with Crippen molar-refractivity contribution in [3.8, 4) is 0 Å². The highest BCUT2D eigenvalue weighted by Gasteiger charge is 2.27. The average Bonchev–Trinajstić information content (AvgIpc) is 2.65. The van der Waals surface area contributed by atoms with Crippen LogP contribution in [0.5, 0.6) is 0 Å². The van der Waals surface area contributed by atoms with Crippen LogP contribution in [0.3, 0.4) is 0 Å². The van der Waals surface area contributed by atoms with Crippen molar-refractivity contribution in [2.24, 2.45) is 5.92 Å². The SMILES string of the molecule is C[C@@H](NC(=O)NC1CC1)C1CCC1. The van der Waals surface area contributed by atoms with Crippen LogP contribution in [0.25, 0.3) is 0 Å². The smallest absolute Gasteiger partial charge is 0.315 e. The van der Waals surface area contributed by atoms with Gasteiger partial charge in [0.15, 0.2) is 0 Å². The molecule has 0 aromatic rings. The van der Waals surface area contributed by atoms with E-state index in [1.165, 1.54) is 19.3 Å². The summed E-state index contributed by atoms with van der Waals surface area (Å²) >= 11 is 0. The molecule has 3 nitrogen and oxygen atoms in total. The number of rotatable bonds is 3.